The zero-order chi connectivity index (χ0) is 13.1. The minimum atomic E-state index is -0.0403. The Kier molecular flexibility index (Phi) is 4.25. The van der Waals surface area contributed by atoms with E-state index >= 15 is 0 Å². The Labute approximate surface area is 116 Å². The largest absolute Gasteiger partial charge is 0.293 e. The van der Waals surface area contributed by atoms with Gasteiger partial charge in [0.15, 0.2) is 5.78 Å². The zero-order valence-corrected chi connectivity index (χ0v) is 11.9. The maximum Gasteiger partial charge on any atom is 0.177 e. The van der Waals surface area contributed by atoms with Crippen LogP contribution in [0.5, 0.6) is 0 Å². The van der Waals surface area contributed by atoms with Crippen molar-refractivity contribution in [3.8, 4) is 0 Å². The number of alkyl halides is 1. The zero-order valence-electron chi connectivity index (χ0n) is 10.4. The van der Waals surface area contributed by atoms with E-state index in [4.69, 9.17) is 11.6 Å². The van der Waals surface area contributed by atoms with Crippen LogP contribution in [0.4, 0.5) is 0 Å². The maximum atomic E-state index is 11.7. The Morgan fingerprint density at radius 1 is 1.39 bits per heavy atom. The monoisotopic (exact) mass is 279 g/mol. The van der Waals surface area contributed by atoms with E-state index < -0.39 is 0 Å². The smallest absolute Gasteiger partial charge is 0.177 e. The van der Waals surface area contributed by atoms with E-state index in [0.29, 0.717) is 5.56 Å². The van der Waals surface area contributed by atoms with E-state index in [0.717, 1.165) is 27.9 Å². The standard InChI is InChI=1S/C14H14ClNOS/c1-9-3-4-10-5-11(13(17)7-15)6-12(8-18-2)14(10)16-9/h3-6H,7-8H2,1-2H3. The fraction of sp³-hybridized carbons (Fsp3) is 0.286. The second kappa shape index (κ2) is 5.72. The average Bonchev–Trinajstić information content (AvgIpc) is 2.38. The summed E-state index contributed by atoms with van der Waals surface area (Å²) in [6, 6.07) is 7.75. The molecule has 18 heavy (non-hydrogen) atoms. The first-order chi connectivity index (χ1) is 8.65. The number of pyridine rings is 1. The molecule has 0 radical (unpaired) electrons. The van der Waals surface area contributed by atoms with E-state index in [1.807, 2.05) is 37.4 Å². The lowest BCUT2D eigenvalue weighted by Gasteiger charge is -2.08. The van der Waals surface area contributed by atoms with E-state index in [1.54, 1.807) is 11.8 Å². The second-order valence-electron chi connectivity index (χ2n) is 4.15. The number of aromatic nitrogens is 1. The van der Waals surface area contributed by atoms with Crippen molar-refractivity contribution in [1.82, 2.24) is 4.98 Å². The summed E-state index contributed by atoms with van der Waals surface area (Å²) < 4.78 is 0. The fourth-order valence-electron chi connectivity index (χ4n) is 1.91. The van der Waals surface area contributed by atoms with Crippen LogP contribution in [0.3, 0.4) is 0 Å². The van der Waals surface area contributed by atoms with Crippen LogP contribution in [0.1, 0.15) is 21.6 Å². The summed E-state index contributed by atoms with van der Waals surface area (Å²) >= 11 is 7.34. The lowest BCUT2D eigenvalue weighted by Crippen LogP contribution is -2.02. The summed E-state index contributed by atoms with van der Waals surface area (Å²) in [5.41, 5.74) is 3.74. The van der Waals surface area contributed by atoms with E-state index in [2.05, 4.69) is 4.98 Å². The number of carbonyl (C=O) groups is 1. The number of aryl methyl sites for hydroxylation is 1. The molecular weight excluding hydrogens is 266 g/mol. The summed E-state index contributed by atoms with van der Waals surface area (Å²) in [6.07, 6.45) is 2.04. The predicted octanol–water partition coefficient (Wildman–Crippen LogP) is 3.83. The van der Waals surface area contributed by atoms with Crippen LogP contribution in [0.2, 0.25) is 0 Å². The van der Waals surface area contributed by atoms with Gasteiger partial charge in [0.25, 0.3) is 0 Å². The molecule has 0 atom stereocenters. The van der Waals surface area contributed by atoms with Gasteiger partial charge in [0.2, 0.25) is 0 Å². The molecule has 4 heteroatoms. The summed E-state index contributed by atoms with van der Waals surface area (Å²) in [6.45, 7) is 1.97. The molecule has 0 saturated carbocycles. The minimum absolute atomic E-state index is 0.0174. The van der Waals surface area contributed by atoms with Gasteiger partial charge in [0, 0.05) is 22.4 Å². The van der Waals surface area contributed by atoms with Crippen molar-refractivity contribution in [3.05, 3.63) is 41.1 Å². The Morgan fingerprint density at radius 2 is 2.17 bits per heavy atom. The molecule has 0 aliphatic rings. The topological polar surface area (TPSA) is 30.0 Å². The lowest BCUT2D eigenvalue weighted by atomic mass is 10.0. The number of thioether (sulfide) groups is 1. The van der Waals surface area contributed by atoms with Gasteiger partial charge < -0.3 is 0 Å². The number of carbonyl (C=O) groups excluding carboxylic acids is 1. The van der Waals surface area contributed by atoms with Gasteiger partial charge in [-0.05, 0) is 36.9 Å². The number of halogens is 1. The molecule has 1 heterocycles. The Morgan fingerprint density at radius 3 is 2.83 bits per heavy atom. The van der Waals surface area contributed by atoms with Gasteiger partial charge in [-0.3, -0.25) is 9.78 Å². The van der Waals surface area contributed by atoms with Crippen molar-refractivity contribution >= 4 is 40.0 Å². The predicted molar refractivity (Wildman–Crippen MR) is 78.7 cm³/mol. The highest BCUT2D eigenvalue weighted by Crippen LogP contribution is 2.23. The molecule has 0 aliphatic carbocycles. The third-order valence-corrected chi connectivity index (χ3v) is 3.60. The molecule has 2 nitrogen and oxygen atoms in total. The van der Waals surface area contributed by atoms with Crippen LogP contribution in [0.25, 0.3) is 10.9 Å². The summed E-state index contributed by atoms with van der Waals surface area (Å²) in [7, 11) is 0. The normalized spacial score (nSPS) is 10.8. The van der Waals surface area contributed by atoms with E-state index in [1.165, 1.54) is 0 Å². The van der Waals surface area contributed by atoms with Crippen molar-refractivity contribution in [3.63, 3.8) is 0 Å². The molecule has 0 bridgehead atoms. The molecule has 1 aromatic heterocycles. The molecule has 2 aromatic rings. The number of ketones is 1. The molecule has 0 unspecified atom stereocenters. The number of hydrogen-bond acceptors (Lipinski definition) is 3. The van der Waals surface area contributed by atoms with E-state index in [9.17, 15) is 4.79 Å². The second-order valence-corrected chi connectivity index (χ2v) is 5.28. The van der Waals surface area contributed by atoms with Gasteiger partial charge in [-0.25, -0.2) is 0 Å². The van der Waals surface area contributed by atoms with E-state index in [-0.39, 0.29) is 11.7 Å². The van der Waals surface area contributed by atoms with Gasteiger partial charge in [-0.1, -0.05) is 6.07 Å². The third-order valence-electron chi connectivity index (χ3n) is 2.75. The maximum absolute atomic E-state index is 11.7. The lowest BCUT2D eigenvalue weighted by molar-refractivity contribution is 0.102. The highest BCUT2D eigenvalue weighted by Gasteiger charge is 2.10. The minimum Gasteiger partial charge on any atom is -0.293 e. The number of hydrogen-bond donors (Lipinski definition) is 0. The highest BCUT2D eigenvalue weighted by atomic mass is 35.5. The van der Waals surface area contributed by atoms with Crippen LogP contribution in [-0.4, -0.2) is 22.9 Å². The van der Waals surface area contributed by atoms with Crippen LogP contribution in [0.15, 0.2) is 24.3 Å². The van der Waals surface area contributed by atoms with Crippen LogP contribution < -0.4 is 0 Å². The Bertz CT molecular complexity index is 598. The van der Waals surface area contributed by atoms with Crippen LogP contribution in [-0.2, 0) is 5.75 Å². The van der Waals surface area contributed by atoms with Crippen molar-refractivity contribution < 1.29 is 4.79 Å². The first kappa shape index (κ1) is 13.4. The van der Waals surface area contributed by atoms with Crippen molar-refractivity contribution in [2.24, 2.45) is 0 Å². The molecule has 0 saturated heterocycles. The molecule has 0 aliphatic heterocycles. The summed E-state index contributed by atoms with van der Waals surface area (Å²) in [5, 5.41) is 1.00. The van der Waals surface area contributed by atoms with Crippen LogP contribution in [0, 0.1) is 6.92 Å². The molecule has 0 N–H and O–H groups in total. The molecule has 0 spiro atoms. The highest BCUT2D eigenvalue weighted by molar-refractivity contribution is 7.97. The van der Waals surface area contributed by atoms with Gasteiger partial charge in [0.05, 0.1) is 11.4 Å². The summed E-state index contributed by atoms with van der Waals surface area (Å²) in [5.74, 6) is 0.821. The Balaban J connectivity index is 2.66. The molecule has 1 aromatic carbocycles. The molecule has 0 amide bonds. The number of Topliss-reactive ketones (excluding diaryl/α,β-unsaturated/α-hetero) is 1. The van der Waals surface area contributed by atoms with Crippen molar-refractivity contribution in [2.45, 2.75) is 12.7 Å². The van der Waals surface area contributed by atoms with Gasteiger partial charge >= 0.3 is 0 Å². The quantitative estimate of drug-likeness (QED) is 0.629. The fourth-order valence-corrected chi connectivity index (χ4v) is 2.60. The molecule has 94 valence electrons. The third kappa shape index (κ3) is 2.68. The van der Waals surface area contributed by atoms with Gasteiger partial charge in [-0.15, -0.1) is 11.6 Å². The van der Waals surface area contributed by atoms with Gasteiger partial charge in [-0.2, -0.15) is 11.8 Å². The average molecular weight is 280 g/mol. The molecule has 2 rings (SSSR count). The van der Waals surface area contributed by atoms with Gasteiger partial charge in [0.1, 0.15) is 0 Å². The number of rotatable bonds is 4. The Hall–Kier alpha value is -1.06. The van der Waals surface area contributed by atoms with Crippen molar-refractivity contribution in [2.75, 3.05) is 12.1 Å². The summed E-state index contributed by atoms with van der Waals surface area (Å²) in [4.78, 5) is 16.3. The SMILES string of the molecule is CSCc1cc(C(=O)CCl)cc2ccc(C)nc12. The number of fused-ring (bicyclic) bond motifs is 1. The first-order valence-electron chi connectivity index (χ1n) is 5.64. The van der Waals surface area contributed by atoms with Crippen LogP contribution >= 0.6 is 23.4 Å². The number of nitrogens with zero attached hydrogens (tertiary/aromatic N) is 1. The number of benzene rings is 1. The van der Waals surface area contributed by atoms with Crippen molar-refractivity contribution in [1.29, 1.82) is 0 Å². The molecular formula is C14H14ClNOS. The molecule has 0 fully saturated rings. The first-order valence-corrected chi connectivity index (χ1v) is 7.57.